The molecule has 2 N–H and O–H groups in total. The van der Waals surface area contributed by atoms with Crippen LogP contribution in [0.15, 0.2) is 48.5 Å². The summed E-state index contributed by atoms with van der Waals surface area (Å²) >= 11 is 5.38. The van der Waals surface area contributed by atoms with Gasteiger partial charge in [-0.25, -0.2) is 4.39 Å². The molecular formula is C18H20FN3S. The van der Waals surface area contributed by atoms with Gasteiger partial charge in [0.1, 0.15) is 5.82 Å². The van der Waals surface area contributed by atoms with Crippen molar-refractivity contribution in [2.45, 2.75) is 19.3 Å². The molecule has 120 valence electrons. The summed E-state index contributed by atoms with van der Waals surface area (Å²) in [5.41, 5.74) is 2.93. The molecule has 0 aliphatic carbocycles. The van der Waals surface area contributed by atoms with Gasteiger partial charge in [0.25, 0.3) is 0 Å². The molecule has 0 saturated carbocycles. The van der Waals surface area contributed by atoms with Crippen LogP contribution in [0, 0.1) is 5.82 Å². The largest absolute Gasteiger partial charge is 0.370 e. The number of rotatable bonds is 3. The molecule has 2 aromatic carbocycles. The lowest BCUT2D eigenvalue weighted by Crippen LogP contribution is -2.30. The Morgan fingerprint density at radius 3 is 2.35 bits per heavy atom. The fourth-order valence-corrected chi connectivity index (χ4v) is 3.04. The summed E-state index contributed by atoms with van der Waals surface area (Å²) in [6, 6.07) is 14.3. The van der Waals surface area contributed by atoms with Crippen LogP contribution in [0.3, 0.4) is 0 Å². The Hall–Kier alpha value is -2.14. The summed E-state index contributed by atoms with van der Waals surface area (Å²) in [5, 5.41) is 6.84. The first-order chi connectivity index (χ1) is 11.2. The minimum Gasteiger partial charge on any atom is -0.370 e. The Labute approximate surface area is 141 Å². The van der Waals surface area contributed by atoms with Crippen LogP contribution in [0.25, 0.3) is 0 Å². The molecule has 0 unspecified atom stereocenters. The molecule has 1 aliphatic rings. The van der Waals surface area contributed by atoms with Gasteiger partial charge in [0.2, 0.25) is 0 Å². The number of nitrogens with one attached hydrogen (secondary N) is 2. The van der Waals surface area contributed by atoms with E-state index in [2.05, 4.69) is 21.6 Å². The van der Waals surface area contributed by atoms with E-state index in [-0.39, 0.29) is 5.82 Å². The van der Waals surface area contributed by atoms with E-state index < -0.39 is 0 Å². The zero-order valence-corrected chi connectivity index (χ0v) is 13.7. The number of para-hydroxylation sites is 2. The second-order valence-electron chi connectivity index (χ2n) is 5.65. The standard InChI is InChI=1S/C18H20FN3S/c19-14-8-10-15(11-9-14)20-18(23)21-16-6-2-3-7-17(16)22-12-4-1-5-13-22/h2-3,6-11H,1,4-5,12-13H2,(H2,20,21,23). The van der Waals surface area contributed by atoms with Gasteiger partial charge in [0.05, 0.1) is 11.4 Å². The van der Waals surface area contributed by atoms with Crippen molar-refractivity contribution in [3.05, 3.63) is 54.3 Å². The van der Waals surface area contributed by atoms with Gasteiger partial charge >= 0.3 is 0 Å². The fraction of sp³-hybridized carbons (Fsp3) is 0.278. The summed E-state index contributed by atoms with van der Waals surface area (Å²) in [6.45, 7) is 2.16. The molecule has 3 nitrogen and oxygen atoms in total. The summed E-state index contributed by atoms with van der Waals surface area (Å²) in [4.78, 5) is 2.40. The lowest BCUT2D eigenvalue weighted by atomic mass is 10.1. The number of piperidine rings is 1. The number of nitrogens with zero attached hydrogens (tertiary/aromatic N) is 1. The van der Waals surface area contributed by atoms with Crippen molar-refractivity contribution in [3.8, 4) is 0 Å². The third kappa shape index (κ3) is 4.20. The van der Waals surface area contributed by atoms with E-state index >= 15 is 0 Å². The molecule has 2 aromatic rings. The van der Waals surface area contributed by atoms with E-state index in [1.165, 1.54) is 37.1 Å². The summed E-state index contributed by atoms with van der Waals surface area (Å²) in [6.07, 6.45) is 3.76. The van der Waals surface area contributed by atoms with Crippen LogP contribution in [-0.4, -0.2) is 18.2 Å². The monoisotopic (exact) mass is 329 g/mol. The number of halogens is 1. The highest BCUT2D eigenvalue weighted by molar-refractivity contribution is 7.80. The van der Waals surface area contributed by atoms with Gasteiger partial charge in [-0.15, -0.1) is 0 Å². The molecule has 5 heteroatoms. The van der Waals surface area contributed by atoms with Crippen LogP contribution in [0.1, 0.15) is 19.3 Å². The zero-order chi connectivity index (χ0) is 16.1. The van der Waals surface area contributed by atoms with Crippen LogP contribution in [0.5, 0.6) is 0 Å². The second kappa shape index (κ2) is 7.42. The van der Waals surface area contributed by atoms with Crippen LogP contribution in [0.4, 0.5) is 21.5 Å². The van der Waals surface area contributed by atoms with Gasteiger partial charge in [-0.3, -0.25) is 0 Å². The quantitative estimate of drug-likeness (QED) is 0.803. The van der Waals surface area contributed by atoms with Gasteiger partial charge < -0.3 is 15.5 Å². The first kappa shape index (κ1) is 15.7. The minimum atomic E-state index is -0.259. The van der Waals surface area contributed by atoms with E-state index in [9.17, 15) is 4.39 Å². The molecule has 1 aliphatic heterocycles. The van der Waals surface area contributed by atoms with Crippen molar-refractivity contribution in [3.63, 3.8) is 0 Å². The Kier molecular flexibility index (Phi) is 5.08. The predicted octanol–water partition coefficient (Wildman–Crippen LogP) is 4.62. The highest BCUT2D eigenvalue weighted by atomic mass is 32.1. The molecule has 1 fully saturated rings. The number of anilines is 3. The van der Waals surface area contributed by atoms with Crippen molar-refractivity contribution in [1.82, 2.24) is 0 Å². The average molecular weight is 329 g/mol. The molecule has 23 heavy (non-hydrogen) atoms. The van der Waals surface area contributed by atoms with Crippen molar-refractivity contribution < 1.29 is 4.39 Å². The molecule has 0 spiro atoms. The normalized spacial score (nSPS) is 14.4. The van der Waals surface area contributed by atoms with Gasteiger partial charge in [0, 0.05) is 18.8 Å². The topological polar surface area (TPSA) is 27.3 Å². The van der Waals surface area contributed by atoms with E-state index in [0.29, 0.717) is 5.11 Å². The first-order valence-electron chi connectivity index (χ1n) is 7.90. The van der Waals surface area contributed by atoms with Crippen LogP contribution in [-0.2, 0) is 0 Å². The van der Waals surface area contributed by atoms with Gasteiger partial charge in [-0.1, -0.05) is 12.1 Å². The van der Waals surface area contributed by atoms with Crippen LogP contribution >= 0.6 is 12.2 Å². The van der Waals surface area contributed by atoms with E-state index in [0.717, 1.165) is 24.5 Å². The lowest BCUT2D eigenvalue weighted by molar-refractivity contribution is 0.578. The number of benzene rings is 2. The minimum absolute atomic E-state index is 0.259. The Morgan fingerprint density at radius 2 is 1.61 bits per heavy atom. The van der Waals surface area contributed by atoms with Crippen LogP contribution < -0.4 is 15.5 Å². The third-order valence-electron chi connectivity index (χ3n) is 3.95. The molecule has 1 saturated heterocycles. The summed E-state index contributed by atoms with van der Waals surface area (Å²) in [7, 11) is 0. The second-order valence-corrected chi connectivity index (χ2v) is 6.06. The molecule has 0 aromatic heterocycles. The number of hydrogen-bond acceptors (Lipinski definition) is 2. The fourth-order valence-electron chi connectivity index (χ4n) is 2.81. The van der Waals surface area contributed by atoms with Crippen molar-refractivity contribution >= 4 is 34.4 Å². The van der Waals surface area contributed by atoms with Gasteiger partial charge in [0.15, 0.2) is 5.11 Å². The molecule has 0 amide bonds. The zero-order valence-electron chi connectivity index (χ0n) is 12.9. The molecular weight excluding hydrogens is 309 g/mol. The SMILES string of the molecule is Fc1ccc(NC(=S)Nc2ccccc2N2CCCCC2)cc1. The summed E-state index contributed by atoms with van der Waals surface area (Å²) < 4.78 is 12.9. The molecule has 0 radical (unpaired) electrons. The highest BCUT2D eigenvalue weighted by Crippen LogP contribution is 2.28. The Morgan fingerprint density at radius 1 is 0.913 bits per heavy atom. The maximum Gasteiger partial charge on any atom is 0.175 e. The maximum absolute atomic E-state index is 12.9. The molecule has 1 heterocycles. The number of thiocarbonyl (C=S) groups is 1. The van der Waals surface area contributed by atoms with E-state index in [4.69, 9.17) is 12.2 Å². The number of hydrogen-bond donors (Lipinski definition) is 2. The van der Waals surface area contributed by atoms with E-state index in [1.807, 2.05) is 18.2 Å². The Bertz CT molecular complexity index is 666. The smallest absolute Gasteiger partial charge is 0.175 e. The van der Waals surface area contributed by atoms with Gasteiger partial charge in [-0.05, 0) is 67.9 Å². The lowest BCUT2D eigenvalue weighted by Gasteiger charge is -2.30. The maximum atomic E-state index is 12.9. The predicted molar refractivity (Wildman–Crippen MR) is 98.7 cm³/mol. The first-order valence-corrected chi connectivity index (χ1v) is 8.31. The van der Waals surface area contributed by atoms with Crippen molar-refractivity contribution in [2.75, 3.05) is 28.6 Å². The molecule has 0 bridgehead atoms. The summed E-state index contributed by atoms with van der Waals surface area (Å²) in [5.74, 6) is -0.259. The van der Waals surface area contributed by atoms with E-state index in [1.54, 1.807) is 12.1 Å². The average Bonchev–Trinajstić information content (AvgIpc) is 2.58. The van der Waals surface area contributed by atoms with Crippen molar-refractivity contribution in [1.29, 1.82) is 0 Å². The van der Waals surface area contributed by atoms with Crippen LogP contribution in [0.2, 0.25) is 0 Å². The highest BCUT2D eigenvalue weighted by Gasteiger charge is 2.14. The van der Waals surface area contributed by atoms with Gasteiger partial charge in [-0.2, -0.15) is 0 Å². The molecule has 3 rings (SSSR count). The molecule has 0 atom stereocenters. The third-order valence-corrected chi connectivity index (χ3v) is 4.16. The Balaban J connectivity index is 1.69. The van der Waals surface area contributed by atoms with Crippen molar-refractivity contribution in [2.24, 2.45) is 0 Å².